The quantitative estimate of drug-likeness (QED) is 0.844. The van der Waals surface area contributed by atoms with E-state index >= 15 is 0 Å². The number of rotatable bonds is 6. The summed E-state index contributed by atoms with van der Waals surface area (Å²) >= 11 is 0. The molecule has 0 aliphatic heterocycles. The third kappa shape index (κ3) is 4.92. The second kappa shape index (κ2) is 7.51. The van der Waals surface area contributed by atoms with Crippen LogP contribution in [0.3, 0.4) is 0 Å². The first kappa shape index (κ1) is 17.2. The average molecular weight is 336 g/mol. The molecular weight excluding hydrogens is 312 g/mol. The number of carbonyl (C=O) groups excluding carboxylic acids is 2. The van der Waals surface area contributed by atoms with Crippen LogP contribution >= 0.6 is 0 Å². The normalized spacial score (nSPS) is 13.4. The molecule has 1 saturated carbocycles. The van der Waals surface area contributed by atoms with Crippen LogP contribution in [0.1, 0.15) is 46.3 Å². The van der Waals surface area contributed by atoms with Crippen LogP contribution in [0.4, 0.5) is 5.69 Å². The molecule has 0 bridgehead atoms. The van der Waals surface area contributed by atoms with Crippen molar-refractivity contribution in [2.24, 2.45) is 0 Å². The van der Waals surface area contributed by atoms with Gasteiger partial charge in [-0.05, 0) is 62.4 Å². The van der Waals surface area contributed by atoms with Crippen LogP contribution in [0.25, 0.3) is 0 Å². The van der Waals surface area contributed by atoms with Gasteiger partial charge in [0.2, 0.25) is 5.91 Å². The summed E-state index contributed by atoms with van der Waals surface area (Å²) in [5.74, 6) is -0.117. The van der Waals surface area contributed by atoms with Crippen LogP contribution in [0.5, 0.6) is 0 Å². The van der Waals surface area contributed by atoms with Crippen molar-refractivity contribution >= 4 is 17.5 Å². The SMILES string of the molecule is Cc1ccc(CCC(=O)Nc2cccc(C(=O)NC3CC3)c2)c(C)c1. The van der Waals surface area contributed by atoms with Gasteiger partial charge in [0.1, 0.15) is 0 Å². The van der Waals surface area contributed by atoms with Crippen LogP contribution < -0.4 is 10.6 Å². The molecule has 0 radical (unpaired) electrons. The van der Waals surface area contributed by atoms with Crippen molar-refractivity contribution < 1.29 is 9.59 Å². The zero-order valence-electron chi connectivity index (χ0n) is 14.8. The van der Waals surface area contributed by atoms with Crippen molar-refractivity contribution in [2.75, 3.05) is 5.32 Å². The zero-order valence-corrected chi connectivity index (χ0v) is 14.8. The molecule has 0 atom stereocenters. The number of amides is 2. The lowest BCUT2D eigenvalue weighted by Gasteiger charge is -2.09. The molecule has 4 heteroatoms. The van der Waals surface area contributed by atoms with Crippen molar-refractivity contribution in [3.05, 3.63) is 64.7 Å². The van der Waals surface area contributed by atoms with Crippen LogP contribution in [0, 0.1) is 13.8 Å². The number of anilines is 1. The van der Waals surface area contributed by atoms with Crippen molar-refractivity contribution in [1.82, 2.24) is 5.32 Å². The Hall–Kier alpha value is -2.62. The van der Waals surface area contributed by atoms with Gasteiger partial charge in [0, 0.05) is 23.7 Å². The highest BCUT2D eigenvalue weighted by molar-refractivity contribution is 5.97. The van der Waals surface area contributed by atoms with Crippen molar-refractivity contribution in [2.45, 2.75) is 45.6 Å². The summed E-state index contributed by atoms with van der Waals surface area (Å²) in [7, 11) is 0. The largest absolute Gasteiger partial charge is 0.349 e. The van der Waals surface area contributed by atoms with Crippen molar-refractivity contribution in [3.8, 4) is 0 Å². The van der Waals surface area contributed by atoms with Crippen LogP contribution in [-0.4, -0.2) is 17.9 Å². The summed E-state index contributed by atoms with van der Waals surface area (Å²) in [4.78, 5) is 24.3. The fourth-order valence-electron chi connectivity index (χ4n) is 2.83. The Bertz CT molecular complexity index is 794. The van der Waals surface area contributed by atoms with E-state index < -0.39 is 0 Å². The monoisotopic (exact) mass is 336 g/mol. The molecule has 2 aromatic carbocycles. The first-order valence-electron chi connectivity index (χ1n) is 8.78. The number of benzene rings is 2. The predicted molar refractivity (Wildman–Crippen MR) is 99.8 cm³/mol. The van der Waals surface area contributed by atoms with Gasteiger partial charge in [-0.15, -0.1) is 0 Å². The molecule has 2 aromatic rings. The molecule has 1 fully saturated rings. The maximum absolute atomic E-state index is 12.2. The van der Waals surface area contributed by atoms with Gasteiger partial charge in [0.25, 0.3) is 5.91 Å². The van der Waals surface area contributed by atoms with Gasteiger partial charge in [-0.2, -0.15) is 0 Å². The van der Waals surface area contributed by atoms with E-state index in [1.165, 1.54) is 16.7 Å². The molecule has 4 nitrogen and oxygen atoms in total. The third-order valence-electron chi connectivity index (χ3n) is 4.44. The third-order valence-corrected chi connectivity index (χ3v) is 4.44. The fourth-order valence-corrected chi connectivity index (χ4v) is 2.83. The number of hydrogen-bond donors (Lipinski definition) is 2. The van der Waals surface area contributed by atoms with Gasteiger partial charge in [0.15, 0.2) is 0 Å². The Morgan fingerprint density at radius 2 is 1.88 bits per heavy atom. The standard InChI is InChI=1S/C21H24N2O2/c1-14-6-7-16(15(2)12-14)8-11-20(24)22-19-5-3-4-17(13-19)21(25)23-18-9-10-18/h3-7,12-13,18H,8-11H2,1-2H3,(H,22,24)(H,23,25). The lowest BCUT2D eigenvalue weighted by atomic mass is 10.0. The van der Waals surface area contributed by atoms with Crippen LogP contribution in [0.15, 0.2) is 42.5 Å². The minimum Gasteiger partial charge on any atom is -0.349 e. The van der Waals surface area contributed by atoms with E-state index in [2.05, 4.69) is 42.7 Å². The van der Waals surface area contributed by atoms with Gasteiger partial charge < -0.3 is 10.6 Å². The molecule has 1 aliphatic carbocycles. The Balaban J connectivity index is 1.56. The maximum Gasteiger partial charge on any atom is 0.251 e. The average Bonchev–Trinajstić information content (AvgIpc) is 3.38. The van der Waals surface area contributed by atoms with Crippen LogP contribution in [0.2, 0.25) is 0 Å². The second-order valence-corrected chi connectivity index (χ2v) is 6.81. The number of carbonyl (C=O) groups is 2. The van der Waals surface area contributed by atoms with Gasteiger partial charge in [-0.25, -0.2) is 0 Å². The lowest BCUT2D eigenvalue weighted by Crippen LogP contribution is -2.25. The predicted octanol–water partition coefficient (Wildman–Crippen LogP) is 3.77. The van der Waals surface area contributed by atoms with Crippen molar-refractivity contribution in [3.63, 3.8) is 0 Å². The first-order valence-corrected chi connectivity index (χ1v) is 8.78. The summed E-state index contributed by atoms with van der Waals surface area (Å²) < 4.78 is 0. The van der Waals surface area contributed by atoms with E-state index in [-0.39, 0.29) is 11.8 Å². The van der Waals surface area contributed by atoms with E-state index in [1.807, 2.05) is 6.07 Å². The molecular formula is C21H24N2O2. The van der Waals surface area contributed by atoms with Crippen molar-refractivity contribution in [1.29, 1.82) is 0 Å². The molecule has 130 valence electrons. The molecule has 0 spiro atoms. The van der Waals surface area contributed by atoms with E-state index in [0.29, 0.717) is 30.1 Å². The van der Waals surface area contributed by atoms with E-state index in [0.717, 1.165) is 12.8 Å². The molecule has 0 heterocycles. The summed E-state index contributed by atoms with van der Waals surface area (Å²) in [5.41, 5.74) is 4.88. The maximum atomic E-state index is 12.2. The van der Waals surface area contributed by atoms with Gasteiger partial charge in [-0.1, -0.05) is 29.8 Å². The molecule has 3 rings (SSSR count). The Kier molecular flexibility index (Phi) is 5.17. The Labute approximate surface area is 148 Å². The number of aryl methyl sites for hydroxylation is 3. The fraction of sp³-hybridized carbons (Fsp3) is 0.333. The minimum absolute atomic E-state index is 0.0419. The van der Waals surface area contributed by atoms with Gasteiger partial charge in [-0.3, -0.25) is 9.59 Å². The Morgan fingerprint density at radius 3 is 2.60 bits per heavy atom. The molecule has 0 unspecified atom stereocenters. The highest BCUT2D eigenvalue weighted by atomic mass is 16.2. The Morgan fingerprint density at radius 1 is 1.08 bits per heavy atom. The molecule has 2 amide bonds. The summed E-state index contributed by atoms with van der Waals surface area (Å²) in [6, 6.07) is 13.7. The van der Waals surface area contributed by atoms with Crippen LogP contribution in [-0.2, 0) is 11.2 Å². The molecule has 1 aliphatic rings. The highest BCUT2D eigenvalue weighted by Gasteiger charge is 2.23. The topological polar surface area (TPSA) is 58.2 Å². The first-order chi connectivity index (χ1) is 12.0. The summed E-state index contributed by atoms with van der Waals surface area (Å²) in [6.07, 6.45) is 3.24. The lowest BCUT2D eigenvalue weighted by molar-refractivity contribution is -0.116. The molecule has 0 saturated heterocycles. The summed E-state index contributed by atoms with van der Waals surface area (Å²) in [5, 5.41) is 5.84. The zero-order chi connectivity index (χ0) is 17.8. The van der Waals surface area contributed by atoms with Gasteiger partial charge in [0.05, 0.1) is 0 Å². The second-order valence-electron chi connectivity index (χ2n) is 6.81. The van der Waals surface area contributed by atoms with Gasteiger partial charge >= 0.3 is 0 Å². The molecule has 25 heavy (non-hydrogen) atoms. The van der Waals surface area contributed by atoms with E-state index in [1.54, 1.807) is 18.2 Å². The van der Waals surface area contributed by atoms with E-state index in [4.69, 9.17) is 0 Å². The molecule has 0 aromatic heterocycles. The minimum atomic E-state index is -0.0751. The number of nitrogens with one attached hydrogen (secondary N) is 2. The highest BCUT2D eigenvalue weighted by Crippen LogP contribution is 2.20. The molecule has 2 N–H and O–H groups in total. The number of hydrogen-bond acceptors (Lipinski definition) is 2. The smallest absolute Gasteiger partial charge is 0.251 e. The van der Waals surface area contributed by atoms with E-state index in [9.17, 15) is 9.59 Å². The summed E-state index contributed by atoms with van der Waals surface area (Å²) in [6.45, 7) is 4.14.